The third kappa shape index (κ3) is 2.92. The van der Waals surface area contributed by atoms with Gasteiger partial charge in [0.1, 0.15) is 24.2 Å². The molecule has 3 rings (SSSR count). The van der Waals surface area contributed by atoms with Gasteiger partial charge in [0.2, 0.25) is 0 Å². The van der Waals surface area contributed by atoms with Crippen molar-refractivity contribution in [2.75, 3.05) is 6.61 Å². The maximum Gasteiger partial charge on any atom is 0.166 e. The van der Waals surface area contributed by atoms with Gasteiger partial charge in [-0.25, -0.2) is 0 Å². The highest BCUT2D eigenvalue weighted by Crippen LogP contribution is 2.29. The second-order valence-corrected chi connectivity index (χ2v) is 5.14. The molecule has 1 aliphatic rings. The van der Waals surface area contributed by atoms with Crippen molar-refractivity contribution in [2.24, 2.45) is 0 Å². The van der Waals surface area contributed by atoms with Gasteiger partial charge in [-0.1, -0.05) is 37.3 Å². The molecule has 0 amide bonds. The van der Waals surface area contributed by atoms with Gasteiger partial charge in [0.05, 0.1) is 5.56 Å². The Balaban J connectivity index is 1.66. The van der Waals surface area contributed by atoms with Gasteiger partial charge in [0, 0.05) is 12.8 Å². The standard InChI is InChI=1S/C18H18O3/c1-2-16(19)15-8-4-6-10-18(15)20-12-14-11-13-7-3-5-9-17(13)21-14/h3-10,14H,2,11-12H2,1H3. The summed E-state index contributed by atoms with van der Waals surface area (Å²) >= 11 is 0. The quantitative estimate of drug-likeness (QED) is 0.785. The Morgan fingerprint density at radius 2 is 1.95 bits per heavy atom. The van der Waals surface area contributed by atoms with Crippen molar-refractivity contribution in [1.82, 2.24) is 0 Å². The molecule has 1 heterocycles. The van der Waals surface area contributed by atoms with Crippen LogP contribution >= 0.6 is 0 Å². The minimum Gasteiger partial charge on any atom is -0.489 e. The Labute approximate surface area is 124 Å². The summed E-state index contributed by atoms with van der Waals surface area (Å²) in [6.07, 6.45) is 1.33. The van der Waals surface area contributed by atoms with Crippen LogP contribution in [0.5, 0.6) is 11.5 Å². The molecule has 1 unspecified atom stereocenters. The zero-order valence-electron chi connectivity index (χ0n) is 12.0. The number of rotatable bonds is 5. The van der Waals surface area contributed by atoms with Gasteiger partial charge in [-0.05, 0) is 23.8 Å². The van der Waals surface area contributed by atoms with E-state index in [1.807, 2.05) is 49.4 Å². The Morgan fingerprint density at radius 3 is 2.76 bits per heavy atom. The molecule has 0 saturated heterocycles. The fraction of sp³-hybridized carbons (Fsp3) is 0.278. The van der Waals surface area contributed by atoms with Crippen LogP contribution in [0.4, 0.5) is 0 Å². The second kappa shape index (κ2) is 6.00. The van der Waals surface area contributed by atoms with Crippen molar-refractivity contribution in [2.45, 2.75) is 25.9 Å². The van der Waals surface area contributed by atoms with E-state index in [2.05, 4.69) is 6.07 Å². The van der Waals surface area contributed by atoms with Crippen molar-refractivity contribution in [1.29, 1.82) is 0 Å². The molecule has 1 aliphatic heterocycles. The zero-order chi connectivity index (χ0) is 14.7. The molecular formula is C18H18O3. The summed E-state index contributed by atoms with van der Waals surface area (Å²) in [5.74, 6) is 1.68. The molecule has 2 aromatic rings. The van der Waals surface area contributed by atoms with Crippen LogP contribution in [0.15, 0.2) is 48.5 Å². The molecule has 3 heteroatoms. The van der Waals surface area contributed by atoms with Gasteiger partial charge in [-0.2, -0.15) is 0 Å². The summed E-state index contributed by atoms with van der Waals surface area (Å²) in [5, 5.41) is 0. The first-order chi connectivity index (χ1) is 10.3. The number of benzene rings is 2. The van der Waals surface area contributed by atoms with E-state index >= 15 is 0 Å². The Bertz CT molecular complexity index is 623. The van der Waals surface area contributed by atoms with Crippen molar-refractivity contribution >= 4 is 5.78 Å². The molecule has 0 radical (unpaired) electrons. The molecule has 0 aromatic heterocycles. The van der Waals surface area contributed by atoms with Crippen molar-refractivity contribution < 1.29 is 14.3 Å². The minimum atomic E-state index is 0.00665. The number of hydrogen-bond acceptors (Lipinski definition) is 3. The van der Waals surface area contributed by atoms with Crippen LogP contribution in [0.2, 0.25) is 0 Å². The van der Waals surface area contributed by atoms with Crippen LogP contribution < -0.4 is 9.47 Å². The zero-order valence-corrected chi connectivity index (χ0v) is 12.0. The summed E-state index contributed by atoms with van der Waals surface area (Å²) in [5.41, 5.74) is 1.86. The highest BCUT2D eigenvalue weighted by atomic mass is 16.5. The number of carbonyl (C=O) groups excluding carboxylic acids is 1. The second-order valence-electron chi connectivity index (χ2n) is 5.14. The van der Waals surface area contributed by atoms with E-state index in [0.717, 1.165) is 12.2 Å². The highest BCUT2D eigenvalue weighted by Gasteiger charge is 2.23. The molecule has 0 saturated carbocycles. The molecule has 108 valence electrons. The lowest BCUT2D eigenvalue weighted by Gasteiger charge is -2.14. The van der Waals surface area contributed by atoms with Gasteiger partial charge < -0.3 is 9.47 Å². The summed E-state index contributed by atoms with van der Waals surface area (Å²) in [6, 6.07) is 15.4. The average Bonchev–Trinajstić information content (AvgIpc) is 2.95. The lowest BCUT2D eigenvalue weighted by Crippen LogP contribution is -2.23. The average molecular weight is 282 g/mol. The smallest absolute Gasteiger partial charge is 0.166 e. The highest BCUT2D eigenvalue weighted by molar-refractivity contribution is 5.98. The SMILES string of the molecule is CCC(=O)c1ccccc1OCC1Cc2ccccc2O1. The van der Waals surface area contributed by atoms with Crippen molar-refractivity contribution in [3.05, 3.63) is 59.7 Å². The summed E-state index contributed by atoms with van der Waals surface area (Å²) in [6.45, 7) is 2.30. The molecule has 0 N–H and O–H groups in total. The summed E-state index contributed by atoms with van der Waals surface area (Å²) in [7, 11) is 0. The van der Waals surface area contributed by atoms with Gasteiger partial charge in [-0.3, -0.25) is 4.79 Å². The Morgan fingerprint density at radius 1 is 1.19 bits per heavy atom. The van der Waals surface area contributed by atoms with E-state index < -0.39 is 0 Å². The molecule has 21 heavy (non-hydrogen) atoms. The van der Waals surface area contributed by atoms with Crippen LogP contribution in [0, 0.1) is 0 Å². The normalized spacial score (nSPS) is 16.1. The molecule has 0 fully saturated rings. The predicted molar refractivity (Wildman–Crippen MR) is 81.1 cm³/mol. The lowest BCUT2D eigenvalue weighted by molar-refractivity contribution is 0.0978. The first kappa shape index (κ1) is 13.7. The molecule has 1 atom stereocenters. The minimum absolute atomic E-state index is 0.00665. The van der Waals surface area contributed by atoms with Crippen molar-refractivity contribution in [3.63, 3.8) is 0 Å². The number of fused-ring (bicyclic) bond motifs is 1. The lowest BCUT2D eigenvalue weighted by atomic mass is 10.1. The number of carbonyl (C=O) groups is 1. The third-order valence-corrected chi connectivity index (χ3v) is 3.65. The first-order valence-corrected chi connectivity index (χ1v) is 7.27. The monoisotopic (exact) mass is 282 g/mol. The number of hydrogen-bond donors (Lipinski definition) is 0. The third-order valence-electron chi connectivity index (χ3n) is 3.65. The van der Waals surface area contributed by atoms with Gasteiger partial charge in [0.15, 0.2) is 5.78 Å². The fourth-order valence-electron chi connectivity index (χ4n) is 2.54. The van der Waals surface area contributed by atoms with E-state index in [1.165, 1.54) is 5.56 Å². The fourth-order valence-corrected chi connectivity index (χ4v) is 2.54. The van der Waals surface area contributed by atoms with Gasteiger partial charge in [0.25, 0.3) is 0 Å². The summed E-state index contributed by atoms with van der Waals surface area (Å²) < 4.78 is 11.7. The Hall–Kier alpha value is -2.29. The van der Waals surface area contributed by atoms with Crippen LogP contribution in [-0.2, 0) is 6.42 Å². The van der Waals surface area contributed by atoms with Crippen LogP contribution in [0.25, 0.3) is 0 Å². The van der Waals surface area contributed by atoms with E-state index in [0.29, 0.717) is 24.3 Å². The predicted octanol–water partition coefficient (Wildman–Crippen LogP) is 3.66. The van der Waals surface area contributed by atoms with Gasteiger partial charge in [-0.15, -0.1) is 0 Å². The number of ketones is 1. The van der Waals surface area contributed by atoms with E-state index in [-0.39, 0.29) is 11.9 Å². The molecular weight excluding hydrogens is 264 g/mol. The van der Waals surface area contributed by atoms with Crippen LogP contribution in [0.1, 0.15) is 29.3 Å². The number of para-hydroxylation sites is 2. The van der Waals surface area contributed by atoms with E-state index in [1.54, 1.807) is 0 Å². The molecule has 3 nitrogen and oxygen atoms in total. The summed E-state index contributed by atoms with van der Waals surface area (Å²) in [4.78, 5) is 11.9. The van der Waals surface area contributed by atoms with E-state index in [9.17, 15) is 4.79 Å². The first-order valence-electron chi connectivity index (χ1n) is 7.27. The molecule has 0 aliphatic carbocycles. The number of ether oxygens (including phenoxy) is 2. The van der Waals surface area contributed by atoms with E-state index in [4.69, 9.17) is 9.47 Å². The molecule has 0 bridgehead atoms. The maximum atomic E-state index is 11.9. The molecule has 0 spiro atoms. The number of Topliss-reactive ketones (excluding diaryl/α,β-unsaturated/α-hetero) is 1. The topological polar surface area (TPSA) is 35.5 Å². The molecule has 2 aromatic carbocycles. The van der Waals surface area contributed by atoms with Crippen molar-refractivity contribution in [3.8, 4) is 11.5 Å². The van der Waals surface area contributed by atoms with Crippen LogP contribution in [-0.4, -0.2) is 18.5 Å². The van der Waals surface area contributed by atoms with Gasteiger partial charge >= 0.3 is 0 Å². The largest absolute Gasteiger partial charge is 0.489 e. The maximum absolute atomic E-state index is 11.9. The van der Waals surface area contributed by atoms with Crippen LogP contribution in [0.3, 0.4) is 0 Å². The Kier molecular flexibility index (Phi) is 3.91.